The molecule has 1 aliphatic rings. The van der Waals surface area contributed by atoms with E-state index in [-0.39, 0.29) is 5.92 Å². The van der Waals surface area contributed by atoms with E-state index in [9.17, 15) is 9.90 Å². The zero-order chi connectivity index (χ0) is 16.4. The highest BCUT2D eigenvalue weighted by atomic mass is 16.5. The molecule has 0 aromatic heterocycles. The number of rotatable bonds is 4. The maximum absolute atomic E-state index is 11.8. The number of hydrogen-bond donors (Lipinski definition) is 1. The van der Waals surface area contributed by atoms with Gasteiger partial charge in [-0.25, -0.2) is 0 Å². The molecule has 120 valence electrons. The molecule has 4 heteroatoms. The van der Waals surface area contributed by atoms with E-state index >= 15 is 0 Å². The van der Waals surface area contributed by atoms with Crippen LogP contribution in [0.2, 0.25) is 0 Å². The second kappa shape index (κ2) is 6.32. The zero-order valence-corrected chi connectivity index (χ0v) is 13.3. The van der Waals surface area contributed by atoms with Crippen LogP contribution < -0.4 is 9.47 Å². The predicted octanol–water partition coefficient (Wildman–Crippen LogP) is 3.60. The van der Waals surface area contributed by atoms with E-state index in [0.717, 1.165) is 23.1 Å². The van der Waals surface area contributed by atoms with Gasteiger partial charge in [0.25, 0.3) is 0 Å². The Kier molecular flexibility index (Phi) is 4.24. The smallest absolute Gasteiger partial charge is 0.311 e. The highest BCUT2D eigenvalue weighted by Gasteiger charge is 2.35. The van der Waals surface area contributed by atoms with E-state index in [2.05, 4.69) is 12.1 Å². The zero-order valence-electron chi connectivity index (χ0n) is 13.3. The third-order valence-electron chi connectivity index (χ3n) is 4.60. The Morgan fingerprint density at radius 2 is 1.83 bits per heavy atom. The Hall–Kier alpha value is -2.49. The van der Waals surface area contributed by atoms with Crippen molar-refractivity contribution in [2.24, 2.45) is 0 Å². The van der Waals surface area contributed by atoms with Crippen molar-refractivity contribution in [3.8, 4) is 11.5 Å². The van der Waals surface area contributed by atoms with Crippen molar-refractivity contribution in [2.75, 3.05) is 14.2 Å². The third kappa shape index (κ3) is 2.77. The topological polar surface area (TPSA) is 55.8 Å². The number of carbonyl (C=O) groups is 1. The van der Waals surface area contributed by atoms with Crippen LogP contribution in [0, 0.1) is 0 Å². The van der Waals surface area contributed by atoms with Crippen LogP contribution in [0.3, 0.4) is 0 Å². The molecule has 2 atom stereocenters. The predicted molar refractivity (Wildman–Crippen MR) is 87.4 cm³/mol. The number of aliphatic carboxylic acids is 1. The fourth-order valence-electron chi connectivity index (χ4n) is 3.50. The van der Waals surface area contributed by atoms with Crippen LogP contribution in [-0.4, -0.2) is 25.3 Å². The summed E-state index contributed by atoms with van der Waals surface area (Å²) in [6.07, 6.45) is 1.35. The van der Waals surface area contributed by atoms with Crippen molar-refractivity contribution in [3.05, 3.63) is 59.2 Å². The van der Waals surface area contributed by atoms with Crippen molar-refractivity contribution in [3.63, 3.8) is 0 Å². The Balaban J connectivity index is 2.10. The van der Waals surface area contributed by atoms with Gasteiger partial charge in [-0.05, 0) is 36.0 Å². The summed E-state index contributed by atoms with van der Waals surface area (Å²) in [6, 6.07) is 13.7. The van der Waals surface area contributed by atoms with Gasteiger partial charge in [-0.15, -0.1) is 0 Å². The first-order valence-corrected chi connectivity index (χ1v) is 7.67. The van der Waals surface area contributed by atoms with Crippen LogP contribution in [0.1, 0.15) is 34.9 Å². The number of benzene rings is 2. The number of hydrogen-bond acceptors (Lipinski definition) is 3. The first kappa shape index (κ1) is 15.4. The van der Waals surface area contributed by atoms with Gasteiger partial charge in [0, 0.05) is 5.56 Å². The summed E-state index contributed by atoms with van der Waals surface area (Å²) in [6.45, 7) is 0. The maximum atomic E-state index is 11.8. The van der Waals surface area contributed by atoms with Gasteiger partial charge in [-0.3, -0.25) is 4.79 Å². The quantitative estimate of drug-likeness (QED) is 0.937. The third-order valence-corrected chi connectivity index (χ3v) is 4.60. The molecule has 2 aromatic rings. The molecular weight excluding hydrogens is 292 g/mol. The van der Waals surface area contributed by atoms with Gasteiger partial charge in [-0.2, -0.15) is 0 Å². The van der Waals surface area contributed by atoms with Gasteiger partial charge >= 0.3 is 5.97 Å². The molecule has 0 amide bonds. The highest BCUT2D eigenvalue weighted by molar-refractivity contribution is 5.78. The van der Waals surface area contributed by atoms with Crippen molar-refractivity contribution in [2.45, 2.75) is 24.7 Å². The van der Waals surface area contributed by atoms with Crippen LogP contribution >= 0.6 is 0 Å². The van der Waals surface area contributed by atoms with Gasteiger partial charge < -0.3 is 14.6 Å². The largest absolute Gasteiger partial charge is 0.493 e. The van der Waals surface area contributed by atoms with Crippen LogP contribution in [0.25, 0.3) is 0 Å². The Morgan fingerprint density at radius 3 is 2.43 bits per heavy atom. The maximum Gasteiger partial charge on any atom is 0.311 e. The van der Waals surface area contributed by atoms with Gasteiger partial charge in [0.05, 0.1) is 20.1 Å². The number of carboxylic acid groups (broad SMARTS) is 1. The summed E-state index contributed by atoms with van der Waals surface area (Å²) in [4.78, 5) is 11.8. The number of ether oxygens (including phenoxy) is 2. The lowest BCUT2D eigenvalue weighted by Gasteiger charge is -2.31. The lowest BCUT2D eigenvalue weighted by molar-refractivity contribution is -0.139. The summed E-state index contributed by atoms with van der Waals surface area (Å²) >= 11 is 0. The average molecular weight is 312 g/mol. The van der Waals surface area contributed by atoms with Crippen molar-refractivity contribution in [1.82, 2.24) is 0 Å². The monoisotopic (exact) mass is 312 g/mol. The van der Waals surface area contributed by atoms with E-state index in [1.165, 1.54) is 0 Å². The number of methoxy groups -OCH3 is 2. The molecule has 0 heterocycles. The highest BCUT2D eigenvalue weighted by Crippen LogP contribution is 2.46. The Labute approximate surface area is 135 Å². The Bertz CT molecular complexity index is 709. The summed E-state index contributed by atoms with van der Waals surface area (Å²) in [5, 5.41) is 9.67. The second-order valence-electron chi connectivity index (χ2n) is 5.81. The molecule has 0 fully saturated rings. The molecule has 0 spiro atoms. The molecule has 2 aromatic carbocycles. The minimum Gasteiger partial charge on any atom is -0.493 e. The molecule has 1 aliphatic carbocycles. The van der Waals surface area contributed by atoms with Crippen molar-refractivity contribution in [1.29, 1.82) is 0 Å². The van der Waals surface area contributed by atoms with Crippen molar-refractivity contribution >= 4 is 5.97 Å². The van der Waals surface area contributed by atoms with E-state index in [0.29, 0.717) is 17.9 Å². The number of fused-ring (bicyclic) bond motifs is 1. The van der Waals surface area contributed by atoms with E-state index in [1.807, 2.05) is 24.3 Å². The molecule has 0 saturated carbocycles. The van der Waals surface area contributed by atoms with Crippen molar-refractivity contribution < 1.29 is 19.4 Å². The Morgan fingerprint density at radius 1 is 1.09 bits per heavy atom. The molecule has 0 radical (unpaired) electrons. The minimum absolute atomic E-state index is 0.158. The molecular formula is C19H20O4. The first-order valence-electron chi connectivity index (χ1n) is 7.67. The van der Waals surface area contributed by atoms with Gasteiger partial charge in [0.2, 0.25) is 0 Å². The van der Waals surface area contributed by atoms with Crippen LogP contribution in [0.4, 0.5) is 0 Å². The van der Waals surface area contributed by atoms with Crippen LogP contribution in [0.15, 0.2) is 42.5 Å². The standard InChI is InChI=1S/C19H20O4/c1-22-17-9-8-14-15(18(17)23-2)10-13(11-16(14)19(20)21)12-6-4-3-5-7-12/h3-9,13,16H,10-11H2,1-2H3,(H,20,21). The molecule has 0 bridgehead atoms. The second-order valence-corrected chi connectivity index (χ2v) is 5.81. The van der Waals surface area contributed by atoms with Gasteiger partial charge in [0.1, 0.15) is 0 Å². The fraction of sp³-hybridized carbons (Fsp3) is 0.316. The van der Waals surface area contributed by atoms with E-state index in [4.69, 9.17) is 9.47 Å². The molecule has 3 rings (SSSR count). The summed E-state index contributed by atoms with van der Waals surface area (Å²) in [5.41, 5.74) is 2.94. The molecule has 1 N–H and O–H groups in total. The lowest BCUT2D eigenvalue weighted by atomic mass is 9.74. The number of carboxylic acids is 1. The van der Waals surface area contributed by atoms with E-state index < -0.39 is 11.9 Å². The lowest BCUT2D eigenvalue weighted by Crippen LogP contribution is -2.24. The minimum atomic E-state index is -0.792. The molecule has 0 aliphatic heterocycles. The summed E-state index contributed by atoms with van der Waals surface area (Å²) in [7, 11) is 3.19. The molecule has 23 heavy (non-hydrogen) atoms. The van der Waals surface area contributed by atoms with E-state index in [1.54, 1.807) is 20.3 Å². The first-order chi connectivity index (χ1) is 11.2. The summed E-state index contributed by atoms with van der Waals surface area (Å²) < 4.78 is 10.9. The summed E-state index contributed by atoms with van der Waals surface area (Å²) in [5.74, 6) is 0.134. The molecule has 4 nitrogen and oxygen atoms in total. The van der Waals surface area contributed by atoms with Crippen LogP contribution in [-0.2, 0) is 11.2 Å². The van der Waals surface area contributed by atoms with Gasteiger partial charge in [0.15, 0.2) is 11.5 Å². The molecule has 2 unspecified atom stereocenters. The van der Waals surface area contributed by atoms with Gasteiger partial charge in [-0.1, -0.05) is 36.4 Å². The van der Waals surface area contributed by atoms with Crippen LogP contribution in [0.5, 0.6) is 11.5 Å². The normalized spacial score (nSPS) is 19.7. The SMILES string of the molecule is COc1ccc2c(c1OC)CC(c1ccccc1)CC2C(=O)O. The molecule has 0 saturated heterocycles. The fourth-order valence-corrected chi connectivity index (χ4v) is 3.50. The average Bonchev–Trinajstić information content (AvgIpc) is 2.60.